The van der Waals surface area contributed by atoms with Crippen molar-refractivity contribution in [3.05, 3.63) is 52.3 Å². The van der Waals surface area contributed by atoms with Crippen molar-refractivity contribution in [2.24, 2.45) is 5.92 Å². The summed E-state index contributed by atoms with van der Waals surface area (Å²) in [6.07, 6.45) is 2.77. The van der Waals surface area contributed by atoms with Gasteiger partial charge in [-0.15, -0.1) is 0 Å². The second-order valence-corrected chi connectivity index (χ2v) is 11.0. The molecule has 1 aromatic carbocycles. The lowest BCUT2D eigenvalue weighted by Gasteiger charge is -2.46. The van der Waals surface area contributed by atoms with E-state index in [-0.39, 0.29) is 35.9 Å². The number of pyridine rings is 1. The van der Waals surface area contributed by atoms with Gasteiger partial charge in [-0.3, -0.25) is 10.1 Å². The van der Waals surface area contributed by atoms with Gasteiger partial charge in [0.15, 0.2) is 5.67 Å². The number of hydrogen-bond donors (Lipinski definition) is 2. The standard InChI is InChI=1S/C27H34FN7O3/c1-16(2)19-5-6-22(34-13-18(17(34)3)14-35(37)38)21-12-30-25(11-20(19)21)31-24-7-9-29-26(32-24)33-10-8-23(36)27(4,28)15-33/h5-7,9,11-12,16-18,23,36H,8,10,13-15H2,1-4H3,(H,29,30,31,32)/t17-,18-,23-,27+/m1/s1. The molecule has 2 aliphatic rings. The summed E-state index contributed by atoms with van der Waals surface area (Å²) in [6.45, 7) is 8.83. The van der Waals surface area contributed by atoms with Crippen LogP contribution in [0.3, 0.4) is 0 Å². The number of alkyl halides is 1. The molecule has 0 aliphatic carbocycles. The quantitative estimate of drug-likeness (QED) is 0.345. The third kappa shape index (κ3) is 4.94. The van der Waals surface area contributed by atoms with Crippen LogP contribution in [0.4, 0.5) is 27.7 Å². The maximum absolute atomic E-state index is 14.7. The largest absolute Gasteiger partial charge is 0.390 e. The lowest BCUT2D eigenvalue weighted by molar-refractivity contribution is -0.490. The van der Waals surface area contributed by atoms with Gasteiger partial charge in [-0.05, 0) is 55.3 Å². The first-order chi connectivity index (χ1) is 18.0. The number of halogens is 1. The van der Waals surface area contributed by atoms with Crippen molar-refractivity contribution in [3.63, 3.8) is 0 Å². The van der Waals surface area contributed by atoms with Crippen LogP contribution in [0.15, 0.2) is 36.7 Å². The van der Waals surface area contributed by atoms with Gasteiger partial charge < -0.3 is 20.2 Å². The highest BCUT2D eigenvalue weighted by Crippen LogP contribution is 2.39. The van der Waals surface area contributed by atoms with Crippen LogP contribution in [0.2, 0.25) is 0 Å². The SMILES string of the molecule is CC(C)c1ccc(N2C[C@H](C[N+](=O)[O-])[C@H]2C)c2cnc(Nc3ccnc(N4CC[C@@H](O)[C@@](C)(F)C4)n3)cc12. The smallest absolute Gasteiger partial charge is 0.227 e. The van der Waals surface area contributed by atoms with E-state index in [1.54, 1.807) is 17.2 Å². The van der Waals surface area contributed by atoms with Gasteiger partial charge in [0.1, 0.15) is 11.6 Å². The molecule has 0 amide bonds. The van der Waals surface area contributed by atoms with Gasteiger partial charge in [-0.25, -0.2) is 14.4 Å². The zero-order valence-corrected chi connectivity index (χ0v) is 22.1. The first kappa shape index (κ1) is 26.0. The predicted molar refractivity (Wildman–Crippen MR) is 146 cm³/mol. The molecule has 202 valence electrons. The highest BCUT2D eigenvalue weighted by Gasteiger charge is 2.40. The Labute approximate surface area is 221 Å². The van der Waals surface area contributed by atoms with Gasteiger partial charge in [0.25, 0.3) is 0 Å². The molecule has 3 aromatic rings. The number of fused-ring (bicyclic) bond motifs is 1. The summed E-state index contributed by atoms with van der Waals surface area (Å²) in [5.74, 6) is 1.87. The van der Waals surface area contributed by atoms with Crippen LogP contribution in [-0.2, 0) is 0 Å². The molecule has 2 N–H and O–H groups in total. The monoisotopic (exact) mass is 523 g/mol. The van der Waals surface area contributed by atoms with E-state index < -0.39 is 11.8 Å². The predicted octanol–water partition coefficient (Wildman–Crippen LogP) is 4.29. The summed E-state index contributed by atoms with van der Waals surface area (Å²) in [5.41, 5.74) is 0.482. The van der Waals surface area contributed by atoms with Crippen molar-refractivity contribution in [1.82, 2.24) is 15.0 Å². The number of piperidine rings is 1. The van der Waals surface area contributed by atoms with Gasteiger partial charge in [-0.2, -0.15) is 4.98 Å². The molecule has 11 heteroatoms. The number of hydrogen-bond acceptors (Lipinski definition) is 9. The summed E-state index contributed by atoms with van der Waals surface area (Å²) in [4.78, 5) is 28.3. The minimum atomic E-state index is -1.73. The maximum Gasteiger partial charge on any atom is 0.227 e. The Morgan fingerprint density at radius 3 is 2.74 bits per heavy atom. The molecule has 0 spiro atoms. The van der Waals surface area contributed by atoms with Crippen molar-refractivity contribution >= 4 is 34.0 Å². The fourth-order valence-electron chi connectivity index (χ4n) is 5.49. The number of nitrogens with zero attached hydrogens (tertiary/aromatic N) is 6. The summed E-state index contributed by atoms with van der Waals surface area (Å²) in [6, 6.07) is 8.04. The topological polar surface area (TPSA) is 121 Å². The van der Waals surface area contributed by atoms with Gasteiger partial charge in [0.05, 0.1) is 18.6 Å². The van der Waals surface area contributed by atoms with Crippen LogP contribution in [-0.4, -0.2) is 69.0 Å². The van der Waals surface area contributed by atoms with Crippen LogP contribution < -0.4 is 15.1 Å². The Morgan fingerprint density at radius 2 is 2.05 bits per heavy atom. The maximum atomic E-state index is 14.7. The lowest BCUT2D eigenvalue weighted by atomic mass is 9.87. The van der Waals surface area contributed by atoms with Crippen molar-refractivity contribution in [3.8, 4) is 0 Å². The number of benzene rings is 1. The van der Waals surface area contributed by atoms with E-state index in [0.29, 0.717) is 37.1 Å². The third-order valence-corrected chi connectivity index (χ3v) is 7.88. The molecular formula is C27H34FN7O3. The Kier molecular flexibility index (Phi) is 6.81. The minimum Gasteiger partial charge on any atom is -0.390 e. The molecular weight excluding hydrogens is 489 g/mol. The summed E-state index contributed by atoms with van der Waals surface area (Å²) >= 11 is 0. The van der Waals surface area contributed by atoms with Gasteiger partial charge in [-0.1, -0.05) is 19.9 Å². The highest BCUT2D eigenvalue weighted by molar-refractivity contribution is 5.98. The fraction of sp³-hybridized carbons (Fsp3) is 0.519. The van der Waals surface area contributed by atoms with E-state index in [1.165, 1.54) is 12.5 Å². The zero-order chi connectivity index (χ0) is 27.2. The Hall–Kier alpha value is -3.60. The molecule has 2 aliphatic heterocycles. The lowest BCUT2D eigenvalue weighted by Crippen LogP contribution is -2.57. The second kappa shape index (κ2) is 9.94. The fourth-order valence-corrected chi connectivity index (χ4v) is 5.49. The molecule has 0 bridgehead atoms. The van der Waals surface area contributed by atoms with E-state index >= 15 is 0 Å². The van der Waals surface area contributed by atoms with E-state index in [0.717, 1.165) is 16.5 Å². The van der Waals surface area contributed by atoms with Crippen LogP contribution in [0.5, 0.6) is 0 Å². The average Bonchev–Trinajstić information content (AvgIpc) is 2.87. The average molecular weight is 524 g/mol. The Bertz CT molecular complexity index is 1350. The number of aromatic nitrogens is 3. The first-order valence-corrected chi connectivity index (χ1v) is 13.1. The van der Waals surface area contributed by atoms with Crippen LogP contribution in [0, 0.1) is 16.0 Å². The van der Waals surface area contributed by atoms with E-state index in [2.05, 4.69) is 51.1 Å². The van der Waals surface area contributed by atoms with E-state index in [1.807, 2.05) is 19.2 Å². The molecule has 0 saturated carbocycles. The van der Waals surface area contributed by atoms with E-state index in [4.69, 9.17) is 0 Å². The van der Waals surface area contributed by atoms with Gasteiger partial charge in [0, 0.05) is 47.5 Å². The number of nitro groups is 1. The van der Waals surface area contributed by atoms with Crippen LogP contribution in [0.1, 0.15) is 45.6 Å². The second-order valence-electron chi connectivity index (χ2n) is 11.0. The molecule has 10 nitrogen and oxygen atoms in total. The van der Waals surface area contributed by atoms with E-state index in [9.17, 15) is 19.6 Å². The number of aliphatic hydroxyl groups excluding tert-OH is 1. The number of nitrogens with one attached hydrogen (secondary N) is 1. The normalized spacial score (nSPS) is 25.5. The van der Waals surface area contributed by atoms with Crippen LogP contribution >= 0.6 is 0 Å². The summed E-state index contributed by atoms with van der Waals surface area (Å²) in [5, 5.41) is 26.3. The molecule has 2 aromatic heterocycles. The van der Waals surface area contributed by atoms with Gasteiger partial charge >= 0.3 is 0 Å². The molecule has 2 fully saturated rings. The van der Waals surface area contributed by atoms with Crippen molar-refractivity contribution < 1.29 is 14.4 Å². The molecule has 4 atom stereocenters. The van der Waals surface area contributed by atoms with Crippen molar-refractivity contribution in [1.29, 1.82) is 0 Å². The Balaban J connectivity index is 1.41. The molecule has 0 unspecified atom stereocenters. The molecule has 38 heavy (non-hydrogen) atoms. The molecule has 4 heterocycles. The summed E-state index contributed by atoms with van der Waals surface area (Å²) in [7, 11) is 0. The molecule has 5 rings (SSSR count). The Morgan fingerprint density at radius 1 is 1.26 bits per heavy atom. The van der Waals surface area contributed by atoms with Crippen LogP contribution in [0.25, 0.3) is 10.8 Å². The molecule has 0 radical (unpaired) electrons. The highest BCUT2D eigenvalue weighted by atomic mass is 19.1. The van der Waals surface area contributed by atoms with Crippen molar-refractivity contribution in [2.45, 2.75) is 57.8 Å². The number of aliphatic hydroxyl groups is 1. The van der Waals surface area contributed by atoms with Crippen molar-refractivity contribution in [2.75, 3.05) is 41.3 Å². The third-order valence-electron chi connectivity index (χ3n) is 7.88. The summed E-state index contributed by atoms with van der Waals surface area (Å²) < 4.78 is 14.7. The molecule has 2 saturated heterocycles. The first-order valence-electron chi connectivity index (χ1n) is 13.1. The number of anilines is 4. The van der Waals surface area contributed by atoms with Gasteiger partial charge in [0.2, 0.25) is 12.5 Å². The minimum absolute atomic E-state index is 0.0177. The number of rotatable bonds is 7. The zero-order valence-electron chi connectivity index (χ0n) is 22.1.